The van der Waals surface area contributed by atoms with Gasteiger partial charge in [0.15, 0.2) is 11.5 Å². The summed E-state index contributed by atoms with van der Waals surface area (Å²) in [6, 6.07) is 6.31. The highest BCUT2D eigenvalue weighted by Gasteiger charge is 2.22. The van der Waals surface area contributed by atoms with E-state index in [0.717, 1.165) is 59.4 Å². The molecule has 0 amide bonds. The van der Waals surface area contributed by atoms with Crippen molar-refractivity contribution in [1.29, 1.82) is 0 Å². The number of pyridine rings is 1. The molecule has 4 heterocycles. The second kappa shape index (κ2) is 9.19. The molecule has 0 atom stereocenters. The van der Waals surface area contributed by atoms with Crippen LogP contribution in [0.3, 0.4) is 0 Å². The smallest absolute Gasteiger partial charge is 0.266 e. The molecule has 180 valence electrons. The summed E-state index contributed by atoms with van der Waals surface area (Å²) >= 11 is 0. The fraction of sp³-hybridized carbons (Fsp3) is 0.500. The van der Waals surface area contributed by atoms with E-state index in [0.29, 0.717) is 17.9 Å². The first kappa shape index (κ1) is 22.5. The maximum Gasteiger partial charge on any atom is 0.266 e. The van der Waals surface area contributed by atoms with Crippen LogP contribution in [0.2, 0.25) is 0 Å². The number of aryl methyl sites for hydroxylation is 1. The van der Waals surface area contributed by atoms with Gasteiger partial charge in [-0.3, -0.25) is 4.84 Å². The first-order chi connectivity index (χ1) is 16.5. The van der Waals surface area contributed by atoms with Crippen LogP contribution in [0.1, 0.15) is 51.4 Å². The molecule has 10 heteroatoms. The molecule has 34 heavy (non-hydrogen) atoms. The molecule has 1 saturated carbocycles. The van der Waals surface area contributed by atoms with E-state index in [1.54, 1.807) is 11.6 Å². The molecular weight excluding hydrogens is 432 g/mol. The Hall–Kier alpha value is -3.24. The zero-order chi connectivity index (χ0) is 23.8. The molecule has 1 aliphatic carbocycles. The molecule has 0 saturated heterocycles. The van der Waals surface area contributed by atoms with E-state index in [4.69, 9.17) is 14.6 Å². The van der Waals surface area contributed by atoms with Crippen LogP contribution in [-0.2, 0) is 9.57 Å². The van der Waals surface area contributed by atoms with Crippen molar-refractivity contribution in [3.05, 3.63) is 30.2 Å². The number of nitrogens with one attached hydrogen (secondary N) is 2. The lowest BCUT2D eigenvalue weighted by atomic mass is 9.95. The first-order valence-corrected chi connectivity index (χ1v) is 11.9. The Morgan fingerprint density at radius 2 is 1.79 bits per heavy atom. The minimum Gasteiger partial charge on any atom is -0.381 e. The normalized spacial score (nSPS) is 18.8. The highest BCUT2D eigenvalue weighted by Crippen LogP contribution is 2.31. The summed E-state index contributed by atoms with van der Waals surface area (Å²) < 4.78 is 9.40. The van der Waals surface area contributed by atoms with Crippen molar-refractivity contribution in [3.8, 4) is 11.3 Å². The number of ether oxygens (including phenoxy) is 1. The number of rotatable bonds is 7. The average molecular weight is 465 g/mol. The number of aromatic nitrogens is 6. The van der Waals surface area contributed by atoms with Gasteiger partial charge in [-0.1, -0.05) is 0 Å². The van der Waals surface area contributed by atoms with Gasteiger partial charge in [0.1, 0.15) is 16.9 Å². The van der Waals surface area contributed by atoms with E-state index in [9.17, 15) is 0 Å². The van der Waals surface area contributed by atoms with Crippen molar-refractivity contribution in [2.24, 2.45) is 0 Å². The first-order valence-electron chi connectivity index (χ1n) is 11.9. The Labute approximate surface area is 198 Å². The Morgan fingerprint density at radius 3 is 2.50 bits per heavy atom. The van der Waals surface area contributed by atoms with Gasteiger partial charge in [-0.05, 0) is 64.7 Å². The van der Waals surface area contributed by atoms with E-state index in [1.165, 1.54) is 0 Å². The van der Waals surface area contributed by atoms with Crippen LogP contribution in [0, 0.1) is 6.92 Å². The third-order valence-corrected chi connectivity index (χ3v) is 6.53. The minimum atomic E-state index is 0.120. The Kier molecular flexibility index (Phi) is 6.09. The third kappa shape index (κ3) is 4.07. The van der Waals surface area contributed by atoms with Crippen molar-refractivity contribution in [3.63, 3.8) is 0 Å². The topological polar surface area (TPSA) is 103 Å². The quantitative estimate of drug-likeness (QED) is 0.389. The summed E-state index contributed by atoms with van der Waals surface area (Å²) in [5, 5.41) is 7.82. The molecule has 0 aliphatic heterocycles. The number of nitrogens with zero attached hydrogens (tertiary/aromatic N) is 6. The maximum atomic E-state index is 5.89. The summed E-state index contributed by atoms with van der Waals surface area (Å²) in [7, 11) is 3.62. The van der Waals surface area contributed by atoms with Gasteiger partial charge in [-0.15, -0.1) is 5.10 Å². The van der Waals surface area contributed by atoms with E-state index < -0.39 is 0 Å². The van der Waals surface area contributed by atoms with E-state index in [-0.39, 0.29) is 12.1 Å². The molecule has 2 N–H and O–H groups in total. The van der Waals surface area contributed by atoms with Crippen LogP contribution in [0.25, 0.3) is 27.9 Å². The monoisotopic (exact) mass is 464 g/mol. The van der Waals surface area contributed by atoms with E-state index in [2.05, 4.69) is 44.3 Å². The molecule has 0 unspecified atom stereocenters. The van der Waals surface area contributed by atoms with E-state index in [1.807, 2.05) is 38.4 Å². The molecule has 4 aromatic heterocycles. The van der Waals surface area contributed by atoms with Gasteiger partial charge in [0.05, 0.1) is 17.9 Å². The Morgan fingerprint density at radius 1 is 1.03 bits per heavy atom. The number of imidazole rings is 1. The Bertz CT molecular complexity index is 1300. The zero-order valence-electron chi connectivity index (χ0n) is 20.4. The van der Waals surface area contributed by atoms with Gasteiger partial charge >= 0.3 is 0 Å². The fourth-order valence-corrected chi connectivity index (χ4v) is 4.83. The molecule has 10 nitrogen and oxygen atoms in total. The molecule has 1 aliphatic rings. The lowest BCUT2D eigenvalue weighted by Gasteiger charge is -2.27. The van der Waals surface area contributed by atoms with Gasteiger partial charge in [0, 0.05) is 32.0 Å². The molecule has 5 rings (SSSR count). The molecule has 1 fully saturated rings. The van der Waals surface area contributed by atoms with Crippen LogP contribution >= 0.6 is 0 Å². The molecule has 0 bridgehead atoms. The zero-order valence-corrected chi connectivity index (χ0v) is 20.4. The lowest BCUT2D eigenvalue weighted by molar-refractivity contribution is 0.00292. The lowest BCUT2D eigenvalue weighted by Crippen LogP contribution is -2.27. The van der Waals surface area contributed by atoms with Gasteiger partial charge in [-0.2, -0.15) is 4.98 Å². The van der Waals surface area contributed by atoms with Crippen LogP contribution in [0.5, 0.6) is 0 Å². The summed E-state index contributed by atoms with van der Waals surface area (Å²) in [5.74, 6) is 2.06. The maximum absolute atomic E-state index is 5.89. The second-order valence-corrected chi connectivity index (χ2v) is 9.07. The number of fused-ring (bicyclic) bond motifs is 2. The SMILES string of the molecule is CNc1nc(NOC2CCC(OC)CC2)nn2ccc(-c3ccc4nc(C)n(C(C)C)c4n3)c12. The largest absolute Gasteiger partial charge is 0.381 e. The molecular formula is C24H32N8O2. The van der Waals surface area contributed by atoms with Gasteiger partial charge in [0.25, 0.3) is 5.95 Å². The van der Waals surface area contributed by atoms with Crippen LogP contribution in [-0.4, -0.2) is 55.5 Å². The van der Waals surface area contributed by atoms with Crippen molar-refractivity contribution in [1.82, 2.24) is 29.1 Å². The number of hydrogen-bond donors (Lipinski definition) is 2. The third-order valence-electron chi connectivity index (χ3n) is 6.53. The van der Waals surface area contributed by atoms with Gasteiger partial charge in [-0.25, -0.2) is 20.0 Å². The van der Waals surface area contributed by atoms with Crippen LogP contribution in [0.4, 0.5) is 11.8 Å². The van der Waals surface area contributed by atoms with Crippen molar-refractivity contribution in [2.45, 2.75) is 64.7 Å². The predicted molar refractivity (Wildman–Crippen MR) is 132 cm³/mol. The van der Waals surface area contributed by atoms with E-state index >= 15 is 0 Å². The summed E-state index contributed by atoms with van der Waals surface area (Å²) in [6.45, 7) is 6.30. The van der Waals surface area contributed by atoms with Gasteiger partial charge in [0.2, 0.25) is 0 Å². The molecule has 0 spiro atoms. The number of anilines is 2. The molecule has 0 radical (unpaired) electrons. The van der Waals surface area contributed by atoms with Crippen LogP contribution < -0.4 is 10.8 Å². The summed E-state index contributed by atoms with van der Waals surface area (Å²) in [4.78, 5) is 20.2. The number of methoxy groups -OCH3 is 1. The molecule has 4 aromatic rings. The molecule has 0 aromatic carbocycles. The predicted octanol–water partition coefficient (Wildman–Crippen LogP) is 4.37. The van der Waals surface area contributed by atoms with Crippen molar-refractivity contribution < 1.29 is 9.57 Å². The van der Waals surface area contributed by atoms with Crippen molar-refractivity contribution in [2.75, 3.05) is 25.0 Å². The highest BCUT2D eigenvalue weighted by atomic mass is 16.7. The van der Waals surface area contributed by atoms with Crippen LogP contribution in [0.15, 0.2) is 24.4 Å². The summed E-state index contributed by atoms with van der Waals surface area (Å²) in [6.07, 6.45) is 6.25. The summed E-state index contributed by atoms with van der Waals surface area (Å²) in [5.41, 5.74) is 7.39. The minimum absolute atomic E-state index is 0.120. The average Bonchev–Trinajstić information content (AvgIpc) is 3.42. The highest BCUT2D eigenvalue weighted by molar-refractivity contribution is 5.89. The van der Waals surface area contributed by atoms with Gasteiger partial charge < -0.3 is 14.6 Å². The number of hydrogen-bond acceptors (Lipinski definition) is 8. The Balaban J connectivity index is 1.44. The standard InChI is InChI=1S/C24H32N8O2/c1-14(2)32-15(3)26-20-11-10-19(27-23(20)32)18-12-13-31-21(18)22(25-4)28-24(29-31)30-34-17-8-6-16(33-5)7-9-17/h10-14,16-17H,6-9H2,1-5H3,(H2,25,28,29,30). The fourth-order valence-electron chi connectivity index (χ4n) is 4.83. The second-order valence-electron chi connectivity index (χ2n) is 9.07. The van der Waals surface area contributed by atoms with Crippen molar-refractivity contribution >= 4 is 28.4 Å².